The molecule has 0 atom stereocenters. The normalized spacial score (nSPS) is 12.1. The SMILES string of the molecule is CCCCOc1c2ccccc2c(C)c2c3nc4nc(nc5[nH]c(nc6nc(nc([nH]3)c12)-c1c-6c(OC)c2cc3ccccc3cc2c1OC)c1c(OC)c2cc3ccccc3cc2c(C)c51)-c1c-4c(OC)c2cc3ccccc3cc2c1OC. The number of fused-ring (bicyclic) bond motifs is 27. The molecule has 85 heavy (non-hydrogen) atoms. The van der Waals surface area contributed by atoms with Crippen molar-refractivity contribution in [1.82, 2.24) is 39.9 Å². The van der Waals surface area contributed by atoms with Gasteiger partial charge in [-0.2, -0.15) is 0 Å². The average Bonchev–Trinajstić information content (AvgIpc) is 2.08. The lowest BCUT2D eigenvalue weighted by Gasteiger charge is -2.17. The molecule has 2 aliphatic heterocycles. The third kappa shape index (κ3) is 7.17. The van der Waals surface area contributed by atoms with Crippen LogP contribution in [0, 0.1) is 13.8 Å². The summed E-state index contributed by atoms with van der Waals surface area (Å²) in [6.45, 7) is 6.87. The van der Waals surface area contributed by atoms with Crippen molar-refractivity contribution in [2.24, 2.45) is 0 Å². The number of hydrogen-bond donors (Lipinski definition) is 2. The van der Waals surface area contributed by atoms with Gasteiger partial charge in [-0.05, 0) is 111 Å². The molecule has 0 spiro atoms. The van der Waals surface area contributed by atoms with Crippen LogP contribution < -0.4 is 28.4 Å². The zero-order valence-corrected chi connectivity index (χ0v) is 48.0. The van der Waals surface area contributed by atoms with Crippen LogP contribution in [-0.4, -0.2) is 82.0 Å². The van der Waals surface area contributed by atoms with E-state index in [-0.39, 0.29) is 0 Å². The number of nitrogens with one attached hydrogen (secondary N) is 2. The Labute approximate surface area is 486 Å². The first-order valence-corrected chi connectivity index (χ1v) is 28.5. The molecule has 0 amide bonds. The molecule has 0 aliphatic carbocycles. The molecule has 0 saturated carbocycles. The Morgan fingerprint density at radius 3 is 1.00 bits per heavy atom. The Bertz CT molecular complexity index is 5480. The summed E-state index contributed by atoms with van der Waals surface area (Å²) < 4.78 is 39.9. The summed E-state index contributed by atoms with van der Waals surface area (Å²) in [6, 6.07) is 46.2. The number of aromatic amines is 2. The first-order valence-electron chi connectivity index (χ1n) is 28.5. The molecule has 2 aliphatic rings. The summed E-state index contributed by atoms with van der Waals surface area (Å²) in [5, 5.41) is 16.4. The van der Waals surface area contributed by atoms with E-state index in [0.29, 0.717) is 115 Å². The third-order valence-corrected chi connectivity index (χ3v) is 17.3. The number of H-pyrrole nitrogens is 2. The van der Waals surface area contributed by atoms with Crippen molar-refractivity contribution in [2.75, 3.05) is 42.2 Å². The number of unbranched alkanes of at least 4 members (excludes halogenated alkanes) is 1. The lowest BCUT2D eigenvalue weighted by Crippen LogP contribution is -1.99. The molecule has 0 unspecified atom stereocenters. The van der Waals surface area contributed by atoms with E-state index >= 15 is 0 Å². The lowest BCUT2D eigenvalue weighted by molar-refractivity contribution is 0.316. The number of ether oxygens (including phenoxy) is 6. The fourth-order valence-corrected chi connectivity index (χ4v) is 13.5. The molecule has 14 aromatic rings. The minimum Gasteiger partial charge on any atom is -0.495 e. The second kappa shape index (κ2) is 19.0. The molecule has 3 aromatic heterocycles. The zero-order valence-electron chi connectivity index (χ0n) is 48.0. The Balaban J connectivity index is 1.17. The molecular weight excluding hydrogens is 1060 g/mol. The second-order valence-corrected chi connectivity index (χ2v) is 21.8. The molecule has 8 bridgehead atoms. The van der Waals surface area contributed by atoms with E-state index < -0.39 is 0 Å². The van der Waals surface area contributed by atoms with Gasteiger partial charge in [0.1, 0.15) is 57.1 Å². The Morgan fingerprint density at radius 2 is 0.635 bits per heavy atom. The van der Waals surface area contributed by atoms with E-state index in [0.717, 1.165) is 116 Å². The summed E-state index contributed by atoms with van der Waals surface area (Å²) in [5.41, 5.74) is 6.19. The predicted molar refractivity (Wildman–Crippen MR) is 341 cm³/mol. The Hall–Kier alpha value is -10.6. The number of aryl methyl sites for hydroxylation is 2. The topological polar surface area (TPSA) is 164 Å². The van der Waals surface area contributed by atoms with Crippen molar-refractivity contribution < 1.29 is 28.4 Å². The van der Waals surface area contributed by atoms with E-state index in [1.807, 2.05) is 36.4 Å². The quantitative estimate of drug-likeness (QED) is 0.104. The molecule has 0 fully saturated rings. The summed E-state index contributed by atoms with van der Waals surface area (Å²) in [6.07, 6.45) is 1.77. The van der Waals surface area contributed by atoms with Gasteiger partial charge in [-0.3, -0.25) is 0 Å². The molecule has 0 radical (unpaired) electrons. The van der Waals surface area contributed by atoms with E-state index in [2.05, 4.69) is 128 Å². The third-order valence-electron chi connectivity index (χ3n) is 17.3. The Morgan fingerprint density at radius 1 is 0.329 bits per heavy atom. The van der Waals surface area contributed by atoms with Gasteiger partial charge in [-0.15, -0.1) is 0 Å². The van der Waals surface area contributed by atoms with Gasteiger partial charge in [-0.1, -0.05) is 110 Å². The highest BCUT2D eigenvalue weighted by atomic mass is 16.5. The van der Waals surface area contributed by atoms with Crippen LogP contribution in [-0.2, 0) is 0 Å². The van der Waals surface area contributed by atoms with Crippen LogP contribution in [0.2, 0.25) is 0 Å². The number of hydrogen-bond acceptors (Lipinski definition) is 12. The smallest absolute Gasteiger partial charge is 0.168 e. The number of rotatable bonds is 9. The summed E-state index contributed by atoms with van der Waals surface area (Å²) >= 11 is 0. The molecule has 2 N–H and O–H groups in total. The fourth-order valence-electron chi connectivity index (χ4n) is 13.5. The minimum atomic E-state index is 0.324. The van der Waals surface area contributed by atoms with Gasteiger partial charge in [0.2, 0.25) is 0 Å². The number of benzene rings is 11. The van der Waals surface area contributed by atoms with Crippen LogP contribution in [0.1, 0.15) is 30.9 Å². The van der Waals surface area contributed by atoms with Crippen LogP contribution in [0.3, 0.4) is 0 Å². The van der Waals surface area contributed by atoms with Crippen LogP contribution in [0.4, 0.5) is 0 Å². The van der Waals surface area contributed by atoms with Gasteiger partial charge in [0.25, 0.3) is 0 Å². The summed E-state index contributed by atoms with van der Waals surface area (Å²) in [7, 11) is 8.44. The highest BCUT2D eigenvalue weighted by Gasteiger charge is 2.35. The molecule has 5 heterocycles. The molecule has 414 valence electrons. The monoisotopic (exact) mass is 1110 g/mol. The number of methoxy groups -OCH3 is 5. The highest BCUT2D eigenvalue weighted by molar-refractivity contribution is 6.22. The van der Waals surface area contributed by atoms with Crippen molar-refractivity contribution in [1.29, 1.82) is 0 Å². The van der Waals surface area contributed by atoms with E-state index in [1.54, 1.807) is 35.5 Å². The van der Waals surface area contributed by atoms with Gasteiger partial charge in [0.15, 0.2) is 23.3 Å². The summed E-state index contributed by atoms with van der Waals surface area (Å²) in [4.78, 5) is 41.2. The van der Waals surface area contributed by atoms with Crippen molar-refractivity contribution in [3.63, 3.8) is 0 Å². The van der Waals surface area contributed by atoms with Gasteiger partial charge < -0.3 is 38.4 Å². The maximum Gasteiger partial charge on any atom is 0.168 e. The summed E-state index contributed by atoms with van der Waals surface area (Å²) in [5.74, 6) is 4.86. The van der Waals surface area contributed by atoms with Crippen molar-refractivity contribution in [3.8, 4) is 80.0 Å². The molecule has 14 nitrogen and oxygen atoms in total. The van der Waals surface area contributed by atoms with E-state index in [1.165, 1.54) is 0 Å². The van der Waals surface area contributed by atoms with Crippen LogP contribution in [0.15, 0.2) is 133 Å². The molecule has 0 saturated heterocycles. The molecule has 11 aromatic carbocycles. The number of nitrogens with zero attached hydrogens (tertiary/aromatic N) is 6. The predicted octanol–water partition coefficient (Wildman–Crippen LogP) is 16.8. The Kier molecular flexibility index (Phi) is 11.2. The largest absolute Gasteiger partial charge is 0.495 e. The zero-order chi connectivity index (χ0) is 57.5. The van der Waals surface area contributed by atoms with Gasteiger partial charge >= 0.3 is 0 Å². The van der Waals surface area contributed by atoms with Crippen LogP contribution in [0.5, 0.6) is 34.5 Å². The number of aromatic nitrogens is 8. The van der Waals surface area contributed by atoms with E-state index in [9.17, 15) is 0 Å². The van der Waals surface area contributed by atoms with Crippen molar-refractivity contribution in [2.45, 2.75) is 33.6 Å². The van der Waals surface area contributed by atoms with Gasteiger partial charge in [0, 0.05) is 43.1 Å². The van der Waals surface area contributed by atoms with Crippen molar-refractivity contribution in [3.05, 3.63) is 145 Å². The molecule has 16 rings (SSSR count). The molecule has 14 heteroatoms. The van der Waals surface area contributed by atoms with Crippen LogP contribution >= 0.6 is 0 Å². The minimum absolute atomic E-state index is 0.324. The second-order valence-electron chi connectivity index (χ2n) is 21.8. The van der Waals surface area contributed by atoms with E-state index in [4.69, 9.17) is 58.3 Å². The van der Waals surface area contributed by atoms with Crippen molar-refractivity contribution >= 4 is 120 Å². The first kappa shape index (κ1) is 50.2. The van der Waals surface area contributed by atoms with Crippen LogP contribution in [0.25, 0.3) is 165 Å². The average molecular weight is 1120 g/mol. The first-order chi connectivity index (χ1) is 41.7. The van der Waals surface area contributed by atoms with Gasteiger partial charge in [0.05, 0.1) is 75.2 Å². The maximum atomic E-state index is 6.98. The fraction of sp³-hybridized carbons (Fsp3) is 0.155. The maximum absolute atomic E-state index is 6.98. The lowest BCUT2D eigenvalue weighted by atomic mass is 9.95. The van der Waals surface area contributed by atoms with Gasteiger partial charge in [-0.25, -0.2) is 29.9 Å². The molecular formula is C71H54N8O6. The highest BCUT2D eigenvalue weighted by Crippen LogP contribution is 2.56. The standard InChI is InChI=1S/C71H54N8O6/c1-9-10-27-85-63-43-26-18-17-25-42(43)34(2)50-53(63)67-73-64(50)74-68-54-55(60(82-6)47-31-39-22-14-13-21-38(39)30-46(47)59(54)81-5)69(78-68)75-65-51-35(3)44-28-36-19-11-12-20-37(36)29-45(44)58(80-4)52(51)66(72-65)76-70-56-57(71(77-67)79-70)62(84-8)49-33-41-24-16-15-23-40(41)32-48(49)61(56)83-7/h11-26,28-33H,9-10,27H2,1-8H3,(H2,72,73,74,75,76,77,78,79).